The van der Waals surface area contributed by atoms with Crippen molar-refractivity contribution in [3.05, 3.63) is 0 Å². The van der Waals surface area contributed by atoms with E-state index < -0.39 is 22.7 Å². The van der Waals surface area contributed by atoms with Crippen molar-refractivity contribution in [2.75, 3.05) is 11.0 Å². The normalized spacial score (nSPS) is 23.3. The minimum Gasteiger partial charge on any atom is -0.518 e. The van der Waals surface area contributed by atoms with Crippen molar-refractivity contribution < 1.29 is 18.4 Å². The minimum absolute atomic E-state index is 0.0187. The van der Waals surface area contributed by atoms with Crippen LogP contribution < -0.4 is 0 Å². The maximum Gasteiger partial charge on any atom is 0.315 e. The Balaban J connectivity index is 2.83. The summed E-state index contributed by atoms with van der Waals surface area (Å²) < 4.78 is 12.0. The summed E-state index contributed by atoms with van der Waals surface area (Å²) in [5, 5.41) is 0. The van der Waals surface area contributed by atoms with Crippen LogP contribution in [0.1, 0.15) is 6.42 Å². The molecule has 1 aliphatic rings. The number of carbonyl (C=O) groups is 2. The largest absolute Gasteiger partial charge is 0.518 e. The van der Waals surface area contributed by atoms with Gasteiger partial charge >= 0.3 is 5.97 Å². The molecule has 0 saturated carbocycles. The van der Waals surface area contributed by atoms with E-state index in [0.717, 1.165) is 0 Å². The number of hydrogen-bond donors (Lipinski definition) is 0. The molecule has 1 fully saturated rings. The molecule has 2 atom stereocenters. The number of carbonyl (C=O) groups excluding carboxylic acids is 2. The average molecular weight is 443 g/mol. The second-order valence-electron chi connectivity index (χ2n) is 7.32. The zero-order chi connectivity index (χ0) is 16.4. The first kappa shape index (κ1) is 19.1. The smallest absolute Gasteiger partial charge is 0.315 e. The summed E-state index contributed by atoms with van der Waals surface area (Å²) in [6, 6.07) is -0.486. The van der Waals surface area contributed by atoms with Crippen molar-refractivity contribution in [1.29, 1.82) is 0 Å². The predicted octanol–water partition coefficient (Wildman–Crippen LogP) is 2.62. The lowest BCUT2D eigenvalue weighted by atomic mass is 10.2. The van der Waals surface area contributed by atoms with Crippen LogP contribution in [0.15, 0.2) is 0 Å². The van der Waals surface area contributed by atoms with E-state index in [0.29, 0.717) is 17.4 Å². The van der Waals surface area contributed by atoms with Gasteiger partial charge in [-0.05, 0) is 39.3 Å². The third kappa shape index (κ3) is 6.37. The van der Waals surface area contributed by atoms with Crippen LogP contribution in [-0.2, 0) is 18.4 Å². The van der Waals surface area contributed by atoms with Gasteiger partial charge in [0.25, 0.3) is 0 Å². The van der Waals surface area contributed by atoms with Gasteiger partial charge in [0.2, 0.25) is 14.2 Å². The summed E-state index contributed by atoms with van der Waals surface area (Å²) in [4.78, 5) is 26.1. The first-order chi connectivity index (χ1) is 9.43. The van der Waals surface area contributed by atoms with E-state index >= 15 is 0 Å². The molecule has 1 amide bonds. The third-order valence-corrected chi connectivity index (χ3v) is 5.40. The number of nitrogens with zero attached hydrogens (tertiary/aromatic N) is 1. The fraction of sp³-hybridized carbons (Fsp3) is 0.846. The molecule has 0 unspecified atom stereocenters. The van der Waals surface area contributed by atoms with Gasteiger partial charge in [0, 0.05) is 13.0 Å². The molecule has 21 heavy (non-hydrogen) atoms. The summed E-state index contributed by atoms with van der Waals surface area (Å²) in [5.74, 6) is -0.288. The van der Waals surface area contributed by atoms with Gasteiger partial charge in [-0.2, -0.15) is 0 Å². The zero-order valence-corrected chi connectivity index (χ0v) is 17.9. The second-order valence-corrected chi connectivity index (χ2v) is 17.0. The quantitative estimate of drug-likeness (QED) is 0.373. The molecule has 0 bridgehead atoms. The van der Waals surface area contributed by atoms with Crippen LogP contribution in [0.2, 0.25) is 39.3 Å². The van der Waals surface area contributed by atoms with E-state index in [1.165, 1.54) is 0 Å². The van der Waals surface area contributed by atoms with Gasteiger partial charge in [0.05, 0.1) is 10.5 Å². The molecule has 0 aromatic heterocycles. The number of hydrogen-bond acceptors (Lipinski definition) is 4. The Morgan fingerprint density at radius 1 is 1.14 bits per heavy atom. The Morgan fingerprint density at radius 3 is 2.14 bits per heavy atom. The fourth-order valence-corrected chi connectivity index (χ4v) is 4.68. The van der Waals surface area contributed by atoms with Crippen LogP contribution in [0.3, 0.4) is 0 Å². The first-order valence-corrected chi connectivity index (χ1v) is 15.5. The van der Waals surface area contributed by atoms with Crippen LogP contribution >= 0.6 is 22.6 Å². The molecule has 1 rings (SSSR count). The van der Waals surface area contributed by atoms with Crippen LogP contribution in [0, 0.1) is 0 Å². The van der Waals surface area contributed by atoms with E-state index in [2.05, 4.69) is 19.6 Å². The number of alkyl halides is 1. The van der Waals surface area contributed by atoms with Gasteiger partial charge in [-0.25, -0.2) is 0 Å². The molecule has 0 aromatic rings. The fourth-order valence-electron chi connectivity index (χ4n) is 2.33. The Labute approximate surface area is 143 Å². The molecule has 1 aliphatic heterocycles. The Kier molecular flexibility index (Phi) is 6.45. The van der Waals surface area contributed by atoms with Crippen molar-refractivity contribution in [3.63, 3.8) is 0 Å². The molecule has 0 aromatic carbocycles. The maximum absolute atomic E-state index is 12.4. The number of amides is 1. The zero-order valence-electron chi connectivity index (χ0n) is 13.7. The molecule has 122 valence electrons. The van der Waals surface area contributed by atoms with Crippen molar-refractivity contribution in [2.45, 2.75) is 57.8 Å². The summed E-state index contributed by atoms with van der Waals surface area (Å²) in [7, 11) is -3.64. The van der Waals surface area contributed by atoms with Crippen LogP contribution in [0.5, 0.6) is 0 Å². The van der Waals surface area contributed by atoms with Gasteiger partial charge in [-0.3, -0.25) is 9.59 Å². The Bertz CT molecular complexity index is 406. The average Bonchev–Trinajstić information content (AvgIpc) is 2.67. The van der Waals surface area contributed by atoms with Crippen LogP contribution in [0.4, 0.5) is 0 Å². The van der Waals surface area contributed by atoms with Gasteiger partial charge < -0.3 is 13.8 Å². The molecule has 0 radical (unpaired) electrons. The summed E-state index contributed by atoms with van der Waals surface area (Å²) >= 11 is 2.03. The second kappa shape index (κ2) is 7.09. The summed E-state index contributed by atoms with van der Waals surface area (Å²) in [5.41, 5.74) is 0. The molecule has 1 heterocycles. The summed E-state index contributed by atoms with van der Waals surface area (Å²) in [6.45, 7) is 12.8. The number of halogens is 1. The van der Waals surface area contributed by atoms with E-state index in [1.807, 2.05) is 42.2 Å². The Morgan fingerprint density at radius 2 is 1.71 bits per heavy atom. The molecule has 0 spiro atoms. The van der Waals surface area contributed by atoms with Crippen molar-refractivity contribution in [2.24, 2.45) is 0 Å². The monoisotopic (exact) mass is 443 g/mol. The topological polar surface area (TPSA) is 55.8 Å². The summed E-state index contributed by atoms with van der Waals surface area (Å²) in [6.07, 6.45) is 0.499. The molecular weight excluding hydrogens is 417 g/mol. The highest BCUT2D eigenvalue weighted by Gasteiger charge is 2.42. The lowest BCUT2D eigenvalue weighted by Gasteiger charge is -2.26. The van der Waals surface area contributed by atoms with E-state index in [-0.39, 0.29) is 18.0 Å². The predicted molar refractivity (Wildman–Crippen MR) is 96.7 cm³/mol. The molecule has 5 nitrogen and oxygen atoms in total. The standard InChI is InChI=1S/C13H26INO4Si2/c1-20(2,3)18-10-7-11(13(17)19-21(4,5)6)15(9-10)12(16)8-14/h10-11H,7-9H2,1-6H3/t10-,11+/m0/s1. The van der Waals surface area contributed by atoms with Crippen molar-refractivity contribution >= 4 is 51.1 Å². The van der Waals surface area contributed by atoms with Crippen LogP contribution in [0.25, 0.3) is 0 Å². The SMILES string of the molecule is C[Si](C)(C)OC(=O)[C@H]1C[C@H](O[Si](C)(C)C)CN1C(=O)CI. The highest BCUT2D eigenvalue weighted by molar-refractivity contribution is 14.1. The highest BCUT2D eigenvalue weighted by Crippen LogP contribution is 2.25. The van der Waals surface area contributed by atoms with E-state index in [9.17, 15) is 9.59 Å². The number of rotatable bonds is 5. The lowest BCUT2D eigenvalue weighted by Crippen LogP contribution is -2.45. The molecule has 8 heteroatoms. The van der Waals surface area contributed by atoms with Gasteiger partial charge in [-0.15, -0.1) is 0 Å². The van der Waals surface area contributed by atoms with Crippen LogP contribution in [-0.4, -0.2) is 56.5 Å². The lowest BCUT2D eigenvalue weighted by molar-refractivity contribution is -0.145. The highest BCUT2D eigenvalue weighted by atomic mass is 127. The molecule has 1 saturated heterocycles. The maximum atomic E-state index is 12.4. The minimum atomic E-state index is -1.95. The number of likely N-dealkylation sites (tertiary alicyclic amines) is 1. The first-order valence-electron chi connectivity index (χ1n) is 7.19. The Hall–Kier alpha value is 0.0638. The third-order valence-electron chi connectivity index (χ3n) is 2.90. The molecule has 0 aliphatic carbocycles. The van der Waals surface area contributed by atoms with Crippen molar-refractivity contribution in [1.82, 2.24) is 4.90 Å². The van der Waals surface area contributed by atoms with E-state index in [4.69, 9.17) is 8.85 Å². The molecule has 0 N–H and O–H groups in total. The van der Waals surface area contributed by atoms with Gasteiger partial charge in [-0.1, -0.05) is 22.6 Å². The van der Waals surface area contributed by atoms with Gasteiger partial charge in [0.15, 0.2) is 8.32 Å². The van der Waals surface area contributed by atoms with Gasteiger partial charge in [0.1, 0.15) is 6.04 Å². The molecular formula is C13H26INO4Si2. The van der Waals surface area contributed by atoms with Crippen molar-refractivity contribution in [3.8, 4) is 0 Å². The van der Waals surface area contributed by atoms with E-state index in [1.54, 1.807) is 4.90 Å².